The Balaban J connectivity index is 2.07. The third-order valence-electron chi connectivity index (χ3n) is 3.91. The fraction of sp³-hybridized carbons (Fsp3) is 0.867. The van der Waals surface area contributed by atoms with Gasteiger partial charge in [0.25, 0.3) is 0 Å². The highest BCUT2D eigenvalue weighted by Crippen LogP contribution is 2.24. The number of carbonyl (C=O) groups is 2. The lowest BCUT2D eigenvalue weighted by molar-refractivity contribution is -0.142. The molecule has 0 aromatic rings. The van der Waals surface area contributed by atoms with Crippen molar-refractivity contribution in [2.75, 3.05) is 6.54 Å². The van der Waals surface area contributed by atoms with E-state index in [-0.39, 0.29) is 18.0 Å². The number of nitrogens with one attached hydrogen (secondary N) is 2. The van der Waals surface area contributed by atoms with Crippen molar-refractivity contribution >= 4 is 12.0 Å². The van der Waals surface area contributed by atoms with Crippen molar-refractivity contribution < 1.29 is 14.7 Å². The number of carboxylic acid groups (broad SMARTS) is 1. The van der Waals surface area contributed by atoms with Crippen molar-refractivity contribution in [1.82, 2.24) is 10.6 Å². The largest absolute Gasteiger partial charge is 0.481 e. The predicted octanol–water partition coefficient (Wildman–Crippen LogP) is 2.76. The highest BCUT2D eigenvalue weighted by atomic mass is 16.4. The molecule has 1 aliphatic carbocycles. The van der Waals surface area contributed by atoms with Crippen LogP contribution in [0.3, 0.4) is 0 Å². The van der Waals surface area contributed by atoms with Gasteiger partial charge in [-0.25, -0.2) is 4.79 Å². The maximum Gasteiger partial charge on any atom is 0.315 e. The van der Waals surface area contributed by atoms with Crippen LogP contribution in [0.1, 0.15) is 58.8 Å². The van der Waals surface area contributed by atoms with E-state index in [0.29, 0.717) is 25.3 Å². The molecule has 2 amide bonds. The van der Waals surface area contributed by atoms with Gasteiger partial charge in [-0.2, -0.15) is 0 Å². The molecule has 0 saturated heterocycles. The first-order valence-corrected chi connectivity index (χ1v) is 7.76. The van der Waals surface area contributed by atoms with Crippen molar-refractivity contribution in [3.63, 3.8) is 0 Å². The first-order valence-electron chi connectivity index (χ1n) is 7.76. The van der Waals surface area contributed by atoms with Crippen molar-refractivity contribution in [2.24, 2.45) is 11.8 Å². The van der Waals surface area contributed by atoms with Gasteiger partial charge in [0.2, 0.25) is 0 Å². The summed E-state index contributed by atoms with van der Waals surface area (Å²) in [5.41, 5.74) is 0. The normalized spacial score (nSPS) is 22.6. The van der Waals surface area contributed by atoms with Crippen molar-refractivity contribution in [1.29, 1.82) is 0 Å². The molecular weight excluding hydrogens is 256 g/mol. The van der Waals surface area contributed by atoms with Gasteiger partial charge < -0.3 is 15.7 Å². The Kier molecular flexibility index (Phi) is 7.41. The zero-order valence-corrected chi connectivity index (χ0v) is 12.7. The smallest absolute Gasteiger partial charge is 0.315 e. The molecule has 1 rings (SSSR count). The van der Waals surface area contributed by atoms with Crippen LogP contribution in [0.2, 0.25) is 0 Å². The van der Waals surface area contributed by atoms with Crippen molar-refractivity contribution in [3.05, 3.63) is 0 Å². The van der Waals surface area contributed by atoms with E-state index in [4.69, 9.17) is 5.11 Å². The van der Waals surface area contributed by atoms with Crippen LogP contribution in [0.5, 0.6) is 0 Å². The molecular formula is C15H28N2O3. The molecule has 0 aliphatic heterocycles. The van der Waals surface area contributed by atoms with Crippen LogP contribution in [0.25, 0.3) is 0 Å². The predicted molar refractivity (Wildman–Crippen MR) is 78.6 cm³/mol. The molecule has 0 aromatic heterocycles. The molecule has 5 nitrogen and oxygen atoms in total. The number of unbranched alkanes of at least 4 members (excludes halogenated alkanes) is 1. The molecule has 0 aromatic carbocycles. The molecule has 0 radical (unpaired) electrons. The lowest BCUT2D eigenvalue weighted by atomic mass is 9.86. The number of amides is 2. The Bertz CT molecular complexity index is 310. The zero-order valence-electron chi connectivity index (χ0n) is 12.7. The van der Waals surface area contributed by atoms with Gasteiger partial charge in [0.1, 0.15) is 0 Å². The molecule has 1 aliphatic rings. The van der Waals surface area contributed by atoms with Gasteiger partial charge >= 0.3 is 12.0 Å². The molecule has 3 N–H and O–H groups in total. The average Bonchev–Trinajstić information content (AvgIpc) is 2.38. The van der Waals surface area contributed by atoms with Crippen molar-refractivity contribution in [2.45, 2.75) is 64.8 Å². The second-order valence-corrected chi connectivity index (χ2v) is 6.18. The van der Waals surface area contributed by atoms with E-state index in [0.717, 1.165) is 25.7 Å². The summed E-state index contributed by atoms with van der Waals surface area (Å²) in [6.07, 6.45) is 6.19. The minimum Gasteiger partial charge on any atom is -0.481 e. The average molecular weight is 284 g/mol. The number of hydrogen-bond donors (Lipinski definition) is 3. The quantitative estimate of drug-likeness (QED) is 0.629. The van der Waals surface area contributed by atoms with Gasteiger partial charge in [0, 0.05) is 12.6 Å². The monoisotopic (exact) mass is 284 g/mol. The minimum atomic E-state index is -0.710. The molecule has 0 atom stereocenters. The summed E-state index contributed by atoms with van der Waals surface area (Å²) in [5.74, 6) is -0.224. The lowest BCUT2D eigenvalue weighted by Crippen LogP contribution is -2.44. The Morgan fingerprint density at radius 1 is 1.15 bits per heavy atom. The van der Waals surface area contributed by atoms with E-state index < -0.39 is 5.97 Å². The van der Waals surface area contributed by atoms with E-state index in [1.54, 1.807) is 0 Å². The number of hydrogen-bond acceptors (Lipinski definition) is 2. The molecule has 1 saturated carbocycles. The molecule has 0 spiro atoms. The van der Waals surface area contributed by atoms with Gasteiger partial charge in [-0.05, 0) is 38.0 Å². The SMILES string of the molecule is CC(C)CCCCNC(=O)NC1CCC(C(=O)O)CC1. The van der Waals surface area contributed by atoms with E-state index in [2.05, 4.69) is 24.5 Å². The van der Waals surface area contributed by atoms with Gasteiger partial charge in [-0.15, -0.1) is 0 Å². The first-order chi connectivity index (χ1) is 9.49. The van der Waals surface area contributed by atoms with Crippen LogP contribution in [0.4, 0.5) is 4.79 Å². The number of carbonyl (C=O) groups excluding carboxylic acids is 1. The highest BCUT2D eigenvalue weighted by molar-refractivity contribution is 5.74. The number of rotatable bonds is 7. The Labute approximate surface area is 121 Å². The second kappa shape index (κ2) is 8.82. The van der Waals surface area contributed by atoms with Gasteiger partial charge in [0.05, 0.1) is 5.92 Å². The first kappa shape index (κ1) is 16.8. The third-order valence-corrected chi connectivity index (χ3v) is 3.91. The highest BCUT2D eigenvalue weighted by Gasteiger charge is 2.26. The molecule has 1 fully saturated rings. The van der Waals surface area contributed by atoms with Gasteiger partial charge in [0.15, 0.2) is 0 Å². The summed E-state index contributed by atoms with van der Waals surface area (Å²) in [5, 5.41) is 14.7. The summed E-state index contributed by atoms with van der Waals surface area (Å²) in [6, 6.07) is 0.00888. The third kappa shape index (κ3) is 6.78. The molecule has 0 bridgehead atoms. The van der Waals surface area contributed by atoms with E-state index in [9.17, 15) is 9.59 Å². The summed E-state index contributed by atoms with van der Waals surface area (Å²) >= 11 is 0. The Morgan fingerprint density at radius 3 is 2.35 bits per heavy atom. The zero-order chi connectivity index (χ0) is 15.0. The summed E-state index contributed by atoms with van der Waals surface area (Å²) in [6.45, 7) is 5.12. The second-order valence-electron chi connectivity index (χ2n) is 6.18. The van der Waals surface area contributed by atoms with Crippen LogP contribution >= 0.6 is 0 Å². The molecule has 5 heteroatoms. The Hall–Kier alpha value is -1.26. The topological polar surface area (TPSA) is 78.4 Å². The summed E-state index contributed by atoms with van der Waals surface area (Å²) in [4.78, 5) is 22.5. The summed E-state index contributed by atoms with van der Waals surface area (Å²) < 4.78 is 0. The van der Waals surface area contributed by atoms with Gasteiger partial charge in [-0.3, -0.25) is 4.79 Å². The van der Waals surface area contributed by atoms with Gasteiger partial charge in [-0.1, -0.05) is 26.7 Å². The van der Waals surface area contributed by atoms with Crippen LogP contribution < -0.4 is 10.6 Å². The van der Waals surface area contributed by atoms with E-state index >= 15 is 0 Å². The van der Waals surface area contributed by atoms with Crippen LogP contribution in [-0.2, 0) is 4.79 Å². The maximum absolute atomic E-state index is 11.7. The molecule has 116 valence electrons. The van der Waals surface area contributed by atoms with Crippen LogP contribution in [0.15, 0.2) is 0 Å². The molecule has 0 heterocycles. The fourth-order valence-corrected chi connectivity index (χ4v) is 2.60. The molecule has 0 unspecified atom stereocenters. The minimum absolute atomic E-state index is 0.117. The number of urea groups is 1. The summed E-state index contributed by atoms with van der Waals surface area (Å²) in [7, 11) is 0. The fourth-order valence-electron chi connectivity index (χ4n) is 2.60. The van der Waals surface area contributed by atoms with Crippen LogP contribution in [-0.4, -0.2) is 29.7 Å². The molecule has 20 heavy (non-hydrogen) atoms. The lowest BCUT2D eigenvalue weighted by Gasteiger charge is -2.26. The standard InChI is InChI=1S/C15H28N2O3/c1-11(2)5-3-4-10-16-15(20)17-13-8-6-12(7-9-13)14(18)19/h11-13H,3-10H2,1-2H3,(H,18,19)(H2,16,17,20). The number of carboxylic acids is 1. The Morgan fingerprint density at radius 2 is 1.80 bits per heavy atom. The van der Waals surface area contributed by atoms with E-state index in [1.807, 2.05) is 0 Å². The van der Waals surface area contributed by atoms with Crippen LogP contribution in [0, 0.1) is 11.8 Å². The number of aliphatic carboxylic acids is 1. The van der Waals surface area contributed by atoms with Crippen molar-refractivity contribution in [3.8, 4) is 0 Å². The maximum atomic E-state index is 11.7. The van der Waals surface area contributed by atoms with E-state index in [1.165, 1.54) is 6.42 Å².